The normalized spacial score (nSPS) is 10.7. The summed E-state index contributed by atoms with van der Waals surface area (Å²) in [6, 6.07) is 15.0. The Hall–Kier alpha value is -1.98. The number of aromatic nitrogens is 2. The number of anilines is 1. The van der Waals surface area contributed by atoms with Gasteiger partial charge in [0.15, 0.2) is 0 Å². The van der Waals surface area contributed by atoms with Crippen LogP contribution >= 0.6 is 23.4 Å². The van der Waals surface area contributed by atoms with Gasteiger partial charge in [0.2, 0.25) is 11.7 Å². The predicted molar refractivity (Wildman–Crippen MR) is 85.2 cm³/mol. The second-order valence-corrected chi connectivity index (χ2v) is 5.80. The molecule has 2 aromatic carbocycles. The summed E-state index contributed by atoms with van der Waals surface area (Å²) >= 11 is 7.52. The molecule has 0 fully saturated rings. The Kier molecular flexibility index (Phi) is 4.13. The van der Waals surface area contributed by atoms with E-state index in [9.17, 15) is 0 Å². The first-order chi connectivity index (χ1) is 10.2. The standard InChI is InChI=1S/C15H12ClN3OS/c16-11-5-3-4-10(8-11)15-18-14(20-19-15)9-21-13-7-2-1-6-12(13)17/h1-8H,9,17H2. The van der Waals surface area contributed by atoms with Crippen LogP contribution < -0.4 is 5.73 Å². The van der Waals surface area contributed by atoms with Crippen molar-refractivity contribution in [3.8, 4) is 11.4 Å². The molecule has 0 atom stereocenters. The molecule has 3 rings (SSSR count). The zero-order valence-corrected chi connectivity index (χ0v) is 12.6. The molecule has 1 heterocycles. The molecule has 0 unspecified atom stereocenters. The highest BCUT2D eigenvalue weighted by molar-refractivity contribution is 7.98. The van der Waals surface area contributed by atoms with E-state index in [1.807, 2.05) is 36.4 Å². The zero-order valence-electron chi connectivity index (χ0n) is 11.0. The van der Waals surface area contributed by atoms with Gasteiger partial charge in [-0.05, 0) is 24.3 Å². The van der Waals surface area contributed by atoms with E-state index in [1.54, 1.807) is 23.9 Å². The SMILES string of the molecule is Nc1ccccc1SCc1nc(-c2cccc(Cl)c2)no1. The smallest absolute Gasteiger partial charge is 0.237 e. The molecule has 6 heteroatoms. The summed E-state index contributed by atoms with van der Waals surface area (Å²) in [7, 11) is 0. The van der Waals surface area contributed by atoms with Crippen LogP contribution in [0, 0.1) is 0 Å². The minimum Gasteiger partial charge on any atom is -0.398 e. The van der Waals surface area contributed by atoms with E-state index >= 15 is 0 Å². The third kappa shape index (κ3) is 3.37. The third-order valence-electron chi connectivity index (χ3n) is 2.82. The first-order valence-electron chi connectivity index (χ1n) is 6.28. The average molecular weight is 318 g/mol. The Morgan fingerprint density at radius 3 is 2.81 bits per heavy atom. The Morgan fingerprint density at radius 1 is 1.14 bits per heavy atom. The van der Waals surface area contributed by atoms with Crippen LogP contribution in [0.3, 0.4) is 0 Å². The van der Waals surface area contributed by atoms with Crippen molar-refractivity contribution in [1.29, 1.82) is 0 Å². The molecular formula is C15H12ClN3OS. The minimum atomic E-state index is 0.536. The van der Waals surface area contributed by atoms with Crippen molar-refractivity contribution in [3.05, 3.63) is 59.4 Å². The molecule has 0 aliphatic carbocycles. The number of halogens is 1. The lowest BCUT2D eigenvalue weighted by molar-refractivity contribution is 0.391. The summed E-state index contributed by atoms with van der Waals surface area (Å²) in [4.78, 5) is 5.37. The van der Waals surface area contributed by atoms with Gasteiger partial charge in [-0.3, -0.25) is 0 Å². The van der Waals surface area contributed by atoms with Crippen molar-refractivity contribution in [1.82, 2.24) is 10.1 Å². The highest BCUT2D eigenvalue weighted by atomic mass is 35.5. The third-order valence-corrected chi connectivity index (χ3v) is 4.13. The van der Waals surface area contributed by atoms with Gasteiger partial charge in [-0.25, -0.2) is 0 Å². The highest BCUT2D eigenvalue weighted by Crippen LogP contribution is 2.28. The number of hydrogen-bond donors (Lipinski definition) is 1. The zero-order chi connectivity index (χ0) is 14.7. The summed E-state index contributed by atoms with van der Waals surface area (Å²) < 4.78 is 5.25. The van der Waals surface area contributed by atoms with E-state index in [-0.39, 0.29) is 0 Å². The number of nitrogens with zero attached hydrogens (tertiary/aromatic N) is 2. The lowest BCUT2D eigenvalue weighted by Crippen LogP contribution is -1.88. The van der Waals surface area contributed by atoms with Crippen LogP contribution in [0.25, 0.3) is 11.4 Å². The van der Waals surface area contributed by atoms with E-state index in [4.69, 9.17) is 21.9 Å². The van der Waals surface area contributed by atoms with Crippen molar-refractivity contribution in [2.45, 2.75) is 10.6 Å². The van der Waals surface area contributed by atoms with Crippen LogP contribution in [-0.2, 0) is 5.75 Å². The van der Waals surface area contributed by atoms with Crippen molar-refractivity contribution in [2.75, 3.05) is 5.73 Å². The quantitative estimate of drug-likeness (QED) is 0.575. The van der Waals surface area contributed by atoms with Crippen LogP contribution in [-0.4, -0.2) is 10.1 Å². The van der Waals surface area contributed by atoms with Gasteiger partial charge >= 0.3 is 0 Å². The monoisotopic (exact) mass is 317 g/mol. The number of benzene rings is 2. The Balaban J connectivity index is 1.72. The highest BCUT2D eigenvalue weighted by Gasteiger charge is 2.10. The van der Waals surface area contributed by atoms with Gasteiger partial charge in [-0.2, -0.15) is 4.98 Å². The molecule has 4 nitrogen and oxygen atoms in total. The van der Waals surface area contributed by atoms with Gasteiger partial charge in [0.25, 0.3) is 0 Å². The maximum Gasteiger partial charge on any atom is 0.237 e. The molecule has 21 heavy (non-hydrogen) atoms. The van der Waals surface area contributed by atoms with Crippen molar-refractivity contribution >= 4 is 29.1 Å². The molecule has 0 radical (unpaired) electrons. The summed E-state index contributed by atoms with van der Waals surface area (Å²) in [5.74, 6) is 1.66. The number of thioether (sulfide) groups is 1. The molecule has 0 saturated carbocycles. The molecule has 0 spiro atoms. The fourth-order valence-corrected chi connectivity index (χ4v) is 2.81. The van der Waals surface area contributed by atoms with E-state index in [2.05, 4.69) is 10.1 Å². The lowest BCUT2D eigenvalue weighted by atomic mass is 10.2. The number of nitrogen functional groups attached to an aromatic ring is 1. The van der Waals surface area contributed by atoms with Crippen molar-refractivity contribution < 1.29 is 4.52 Å². The van der Waals surface area contributed by atoms with Crippen molar-refractivity contribution in [2.24, 2.45) is 0 Å². The second-order valence-electron chi connectivity index (χ2n) is 4.35. The molecule has 106 valence electrons. The molecule has 2 N–H and O–H groups in total. The summed E-state index contributed by atoms with van der Waals surface area (Å²) in [5, 5.41) is 4.62. The molecular weight excluding hydrogens is 306 g/mol. The summed E-state index contributed by atoms with van der Waals surface area (Å²) in [5.41, 5.74) is 7.48. The molecule has 0 bridgehead atoms. The van der Waals surface area contributed by atoms with Gasteiger partial charge in [-0.1, -0.05) is 41.0 Å². The van der Waals surface area contributed by atoms with Gasteiger partial charge < -0.3 is 10.3 Å². The van der Waals surface area contributed by atoms with Crippen LogP contribution in [0.15, 0.2) is 57.9 Å². The maximum absolute atomic E-state index is 5.96. The van der Waals surface area contributed by atoms with Gasteiger partial charge in [0, 0.05) is 21.2 Å². The lowest BCUT2D eigenvalue weighted by Gasteiger charge is -2.01. The van der Waals surface area contributed by atoms with Gasteiger partial charge in [0.05, 0.1) is 5.75 Å². The first-order valence-corrected chi connectivity index (χ1v) is 7.64. The van der Waals surface area contributed by atoms with E-state index in [1.165, 1.54) is 0 Å². The Labute approximate surface area is 131 Å². The van der Waals surface area contributed by atoms with Crippen LogP contribution in [0.2, 0.25) is 5.02 Å². The average Bonchev–Trinajstić information content (AvgIpc) is 2.95. The Morgan fingerprint density at radius 2 is 2.00 bits per heavy atom. The number of para-hydroxylation sites is 1. The fourth-order valence-electron chi connectivity index (χ4n) is 1.81. The molecule has 0 aliphatic heterocycles. The van der Waals surface area contributed by atoms with Gasteiger partial charge in [-0.15, -0.1) is 11.8 Å². The van der Waals surface area contributed by atoms with E-state index < -0.39 is 0 Å². The molecule has 3 aromatic rings. The number of rotatable bonds is 4. The Bertz CT molecular complexity index is 760. The minimum absolute atomic E-state index is 0.536. The number of nitrogens with two attached hydrogens (primary N) is 1. The summed E-state index contributed by atoms with van der Waals surface area (Å²) in [6.45, 7) is 0. The van der Waals surface area contributed by atoms with Crippen LogP contribution in [0.1, 0.15) is 5.89 Å². The van der Waals surface area contributed by atoms with E-state index in [0.29, 0.717) is 22.5 Å². The maximum atomic E-state index is 5.96. The molecule has 0 saturated heterocycles. The molecule has 0 aliphatic rings. The van der Waals surface area contributed by atoms with Gasteiger partial charge in [0.1, 0.15) is 0 Å². The summed E-state index contributed by atoms with van der Waals surface area (Å²) in [6.07, 6.45) is 0. The van der Waals surface area contributed by atoms with Crippen LogP contribution in [0.5, 0.6) is 0 Å². The molecule has 1 aromatic heterocycles. The largest absolute Gasteiger partial charge is 0.398 e. The second kappa shape index (κ2) is 6.20. The first kappa shape index (κ1) is 14.0. The van der Waals surface area contributed by atoms with Crippen molar-refractivity contribution in [3.63, 3.8) is 0 Å². The number of hydrogen-bond acceptors (Lipinski definition) is 5. The van der Waals surface area contributed by atoms with E-state index in [0.717, 1.165) is 16.1 Å². The topological polar surface area (TPSA) is 64.9 Å². The predicted octanol–water partition coefficient (Wildman–Crippen LogP) is 4.26. The fraction of sp³-hybridized carbons (Fsp3) is 0.0667. The van der Waals surface area contributed by atoms with Crippen LogP contribution in [0.4, 0.5) is 5.69 Å². The molecule has 0 amide bonds.